The molecule has 0 radical (unpaired) electrons. The molecule has 33 heavy (non-hydrogen) atoms. The van der Waals surface area contributed by atoms with E-state index in [0.717, 1.165) is 38.3 Å². The summed E-state index contributed by atoms with van der Waals surface area (Å²) >= 11 is 0. The van der Waals surface area contributed by atoms with Crippen LogP contribution in [0.1, 0.15) is 114 Å². The van der Waals surface area contributed by atoms with Crippen molar-refractivity contribution in [3.8, 4) is 0 Å². The van der Waals surface area contributed by atoms with Crippen molar-refractivity contribution in [1.82, 2.24) is 0 Å². The van der Waals surface area contributed by atoms with Gasteiger partial charge in [-0.1, -0.05) is 108 Å². The standard InChI is InChI=1S/C27H44O.C2H7N.C2H6/c1-8-10-11-18-28-27-20-25(17-15-23(6)14-13-22(5)9-2)24(7)19-26(27)16-12-21(3)4;1-2-3;1-2/h9,13-14,19,21,27H,6,8,10-12,15-18,20H2,1-5,7H3;2-3H2,1H3;1-2H3/b14-13-,22-9-;;/t27-;;/m0../s1. The fourth-order valence-electron chi connectivity index (χ4n) is 3.46. The monoisotopic (exact) mass is 459 g/mol. The maximum atomic E-state index is 6.36. The number of nitrogens with two attached hydrogens (primary N) is 1. The highest BCUT2D eigenvalue weighted by Gasteiger charge is 2.22. The smallest absolute Gasteiger partial charge is 0.0825 e. The summed E-state index contributed by atoms with van der Waals surface area (Å²) in [6, 6.07) is 0. The Labute approximate surface area is 208 Å². The van der Waals surface area contributed by atoms with E-state index in [9.17, 15) is 0 Å². The van der Waals surface area contributed by atoms with Crippen molar-refractivity contribution in [2.24, 2.45) is 11.7 Å². The first-order valence-electron chi connectivity index (χ1n) is 13.5. The van der Waals surface area contributed by atoms with Crippen molar-refractivity contribution >= 4 is 0 Å². The molecular weight excluding hydrogens is 402 g/mol. The average Bonchev–Trinajstić information content (AvgIpc) is 2.80. The second-order valence-corrected chi connectivity index (χ2v) is 9.14. The zero-order valence-corrected chi connectivity index (χ0v) is 23.7. The quantitative estimate of drug-likeness (QED) is 0.220. The first-order chi connectivity index (χ1) is 15.8. The normalized spacial score (nSPS) is 16.3. The Bertz CT molecular complexity index is 619. The number of hydrogen-bond donors (Lipinski definition) is 1. The minimum atomic E-state index is 0.281. The molecule has 192 valence electrons. The highest BCUT2D eigenvalue weighted by Crippen LogP contribution is 2.33. The Morgan fingerprint density at radius 1 is 1.18 bits per heavy atom. The topological polar surface area (TPSA) is 35.2 Å². The lowest BCUT2D eigenvalue weighted by atomic mass is 9.85. The minimum Gasteiger partial charge on any atom is -0.374 e. The maximum absolute atomic E-state index is 6.36. The highest BCUT2D eigenvalue weighted by molar-refractivity contribution is 5.36. The van der Waals surface area contributed by atoms with E-state index in [2.05, 4.69) is 72.4 Å². The lowest BCUT2D eigenvalue weighted by molar-refractivity contribution is 0.0702. The van der Waals surface area contributed by atoms with Gasteiger partial charge in [0.2, 0.25) is 0 Å². The van der Waals surface area contributed by atoms with Gasteiger partial charge < -0.3 is 10.5 Å². The zero-order chi connectivity index (χ0) is 25.6. The number of allylic oxidation sites excluding steroid dienone is 7. The van der Waals surface area contributed by atoms with Crippen LogP contribution in [0.4, 0.5) is 0 Å². The summed E-state index contributed by atoms with van der Waals surface area (Å²) < 4.78 is 6.36. The molecule has 2 nitrogen and oxygen atoms in total. The number of unbranched alkanes of at least 4 members (excludes halogenated alkanes) is 2. The highest BCUT2D eigenvalue weighted by atomic mass is 16.5. The van der Waals surface area contributed by atoms with Gasteiger partial charge in [0, 0.05) is 6.61 Å². The number of hydrogen-bond acceptors (Lipinski definition) is 2. The predicted molar refractivity (Wildman–Crippen MR) is 152 cm³/mol. The molecule has 0 aromatic rings. The van der Waals surface area contributed by atoms with Gasteiger partial charge >= 0.3 is 0 Å². The minimum absolute atomic E-state index is 0.281. The van der Waals surface area contributed by atoms with Gasteiger partial charge in [0.05, 0.1) is 6.10 Å². The molecule has 1 atom stereocenters. The van der Waals surface area contributed by atoms with Gasteiger partial charge in [-0.25, -0.2) is 0 Å². The summed E-state index contributed by atoms with van der Waals surface area (Å²) in [6.45, 7) is 25.1. The van der Waals surface area contributed by atoms with Crippen LogP contribution in [0.25, 0.3) is 0 Å². The zero-order valence-electron chi connectivity index (χ0n) is 23.7. The van der Waals surface area contributed by atoms with Crippen LogP contribution in [-0.2, 0) is 4.74 Å². The second-order valence-electron chi connectivity index (χ2n) is 9.14. The summed E-state index contributed by atoms with van der Waals surface area (Å²) in [5.74, 6) is 0.739. The van der Waals surface area contributed by atoms with Gasteiger partial charge in [-0.05, 0) is 77.3 Å². The van der Waals surface area contributed by atoms with E-state index < -0.39 is 0 Å². The molecule has 0 amide bonds. The van der Waals surface area contributed by atoms with Crippen molar-refractivity contribution in [1.29, 1.82) is 0 Å². The van der Waals surface area contributed by atoms with Crippen molar-refractivity contribution in [3.63, 3.8) is 0 Å². The van der Waals surface area contributed by atoms with E-state index in [-0.39, 0.29) is 6.10 Å². The fourth-order valence-corrected chi connectivity index (χ4v) is 3.46. The van der Waals surface area contributed by atoms with Crippen LogP contribution in [0.5, 0.6) is 0 Å². The van der Waals surface area contributed by atoms with E-state index in [4.69, 9.17) is 10.5 Å². The van der Waals surface area contributed by atoms with Crippen LogP contribution in [0.2, 0.25) is 0 Å². The van der Waals surface area contributed by atoms with Crippen LogP contribution in [-0.4, -0.2) is 19.3 Å². The van der Waals surface area contributed by atoms with Crippen LogP contribution in [0.15, 0.2) is 58.7 Å². The van der Waals surface area contributed by atoms with Crippen molar-refractivity contribution in [2.75, 3.05) is 13.2 Å². The van der Waals surface area contributed by atoms with Gasteiger partial charge in [-0.3, -0.25) is 0 Å². The van der Waals surface area contributed by atoms with E-state index >= 15 is 0 Å². The molecule has 0 bridgehead atoms. The molecular formula is C31H57NO. The molecule has 0 aliphatic heterocycles. The van der Waals surface area contributed by atoms with E-state index in [1.165, 1.54) is 54.4 Å². The predicted octanol–water partition coefficient (Wildman–Crippen LogP) is 9.49. The summed E-state index contributed by atoms with van der Waals surface area (Å²) in [5, 5.41) is 0. The van der Waals surface area contributed by atoms with Gasteiger partial charge in [-0.2, -0.15) is 0 Å². The van der Waals surface area contributed by atoms with Crippen molar-refractivity contribution in [3.05, 3.63) is 58.7 Å². The van der Waals surface area contributed by atoms with Gasteiger partial charge in [0.1, 0.15) is 0 Å². The van der Waals surface area contributed by atoms with Crippen LogP contribution in [0.3, 0.4) is 0 Å². The first kappa shape index (κ1) is 33.8. The number of rotatable bonds is 13. The Morgan fingerprint density at radius 2 is 1.82 bits per heavy atom. The van der Waals surface area contributed by atoms with Crippen LogP contribution >= 0.6 is 0 Å². The lowest BCUT2D eigenvalue weighted by Crippen LogP contribution is -2.22. The SMILES string of the molecule is C=C(/C=C\C(C)=C/C)CCC1=C(C)C=C(CCC(C)C)[C@@H](OCCCCC)C1.CC.CCN. The van der Waals surface area contributed by atoms with Gasteiger partial charge in [0.25, 0.3) is 0 Å². The summed E-state index contributed by atoms with van der Waals surface area (Å²) in [4.78, 5) is 0. The molecule has 2 N–H and O–H groups in total. The molecule has 0 unspecified atom stereocenters. The molecule has 1 rings (SSSR count). The number of ether oxygens (including phenoxy) is 1. The molecule has 0 aromatic heterocycles. The molecule has 0 fully saturated rings. The largest absolute Gasteiger partial charge is 0.374 e. The van der Waals surface area contributed by atoms with E-state index in [0.29, 0.717) is 0 Å². The van der Waals surface area contributed by atoms with Crippen LogP contribution < -0.4 is 5.73 Å². The van der Waals surface area contributed by atoms with Gasteiger partial charge in [0.15, 0.2) is 0 Å². The van der Waals surface area contributed by atoms with Crippen LogP contribution in [0, 0.1) is 5.92 Å². The third-order valence-electron chi connectivity index (χ3n) is 5.67. The van der Waals surface area contributed by atoms with E-state index in [1.54, 1.807) is 5.57 Å². The Balaban J connectivity index is 0. The van der Waals surface area contributed by atoms with Crippen molar-refractivity contribution in [2.45, 2.75) is 120 Å². The summed E-state index contributed by atoms with van der Waals surface area (Å²) in [5.41, 5.74) is 11.8. The molecule has 2 heteroatoms. The fraction of sp³-hybridized carbons (Fsp3) is 0.677. The molecule has 0 saturated heterocycles. The first-order valence-corrected chi connectivity index (χ1v) is 13.5. The lowest BCUT2D eigenvalue weighted by Gasteiger charge is -2.28. The second kappa shape index (κ2) is 22.4. The Kier molecular flexibility index (Phi) is 23.0. The van der Waals surface area contributed by atoms with E-state index in [1.807, 2.05) is 20.8 Å². The third kappa shape index (κ3) is 17.7. The Hall–Kier alpha value is -1.38. The summed E-state index contributed by atoms with van der Waals surface area (Å²) in [7, 11) is 0. The third-order valence-corrected chi connectivity index (χ3v) is 5.67. The molecule has 1 aliphatic rings. The molecule has 0 saturated carbocycles. The average molecular weight is 460 g/mol. The Morgan fingerprint density at radius 3 is 2.36 bits per heavy atom. The molecule has 1 aliphatic carbocycles. The molecule has 0 aromatic carbocycles. The molecule has 0 spiro atoms. The van der Waals surface area contributed by atoms with Crippen molar-refractivity contribution < 1.29 is 4.74 Å². The summed E-state index contributed by atoms with van der Waals surface area (Å²) in [6.07, 6.45) is 18.4. The van der Waals surface area contributed by atoms with Gasteiger partial charge in [-0.15, -0.1) is 0 Å². The maximum Gasteiger partial charge on any atom is 0.0825 e. The molecule has 0 heterocycles.